The molecule has 0 radical (unpaired) electrons. The maximum atomic E-state index is 12.7. The second kappa shape index (κ2) is 9.51. The molecule has 174 valence electrons. The molecule has 0 aliphatic heterocycles. The number of anilines is 1. The summed E-state index contributed by atoms with van der Waals surface area (Å²) in [5.41, 5.74) is 5.50. The van der Waals surface area contributed by atoms with Gasteiger partial charge in [-0.1, -0.05) is 62.7 Å². The number of nitrogens with one attached hydrogen (secondary N) is 1. The minimum absolute atomic E-state index is 0.0473. The normalized spacial score (nSPS) is 11.3. The Morgan fingerprint density at radius 2 is 1.59 bits per heavy atom. The molecule has 0 saturated carbocycles. The highest BCUT2D eigenvalue weighted by Gasteiger charge is 2.16. The first kappa shape index (κ1) is 23.2. The van der Waals surface area contributed by atoms with Crippen molar-refractivity contribution in [3.8, 4) is 23.1 Å². The molecule has 1 amide bonds. The van der Waals surface area contributed by atoms with Crippen LogP contribution in [0.1, 0.15) is 49.2 Å². The van der Waals surface area contributed by atoms with Gasteiger partial charge in [0, 0.05) is 16.8 Å². The van der Waals surface area contributed by atoms with E-state index in [0.717, 1.165) is 11.3 Å². The second-order valence-electron chi connectivity index (χ2n) is 9.26. The van der Waals surface area contributed by atoms with Gasteiger partial charge in [0.1, 0.15) is 0 Å². The zero-order valence-electron chi connectivity index (χ0n) is 20.3. The average Bonchev–Trinajstić information content (AvgIpc) is 3.23. The predicted octanol–water partition coefficient (Wildman–Crippen LogP) is 6.19. The van der Waals surface area contributed by atoms with Crippen molar-refractivity contribution in [2.24, 2.45) is 0 Å². The molecule has 0 atom stereocenters. The Morgan fingerprint density at radius 1 is 0.941 bits per heavy atom. The van der Waals surface area contributed by atoms with E-state index < -0.39 is 0 Å². The van der Waals surface area contributed by atoms with Crippen molar-refractivity contribution in [1.82, 2.24) is 14.8 Å². The zero-order valence-corrected chi connectivity index (χ0v) is 20.3. The van der Waals surface area contributed by atoms with Gasteiger partial charge in [-0.05, 0) is 61.2 Å². The van der Waals surface area contributed by atoms with Crippen molar-refractivity contribution in [3.05, 3.63) is 89.5 Å². The number of rotatable bonds is 6. The number of aryl methyl sites for hydroxylation is 1. The van der Waals surface area contributed by atoms with Gasteiger partial charge in [-0.15, -0.1) is 5.10 Å². The molecule has 0 spiro atoms. The highest BCUT2D eigenvalue weighted by Crippen LogP contribution is 2.25. The fraction of sp³-hybridized carbons (Fsp3) is 0.250. The van der Waals surface area contributed by atoms with E-state index in [9.17, 15) is 4.79 Å². The van der Waals surface area contributed by atoms with Gasteiger partial charge < -0.3 is 10.1 Å². The van der Waals surface area contributed by atoms with Crippen LogP contribution in [0.4, 0.5) is 5.69 Å². The van der Waals surface area contributed by atoms with E-state index >= 15 is 0 Å². The van der Waals surface area contributed by atoms with E-state index in [1.165, 1.54) is 11.1 Å². The Bertz CT molecular complexity index is 1270. The summed E-state index contributed by atoms with van der Waals surface area (Å²) in [5, 5.41) is 7.50. The Balaban J connectivity index is 1.55. The van der Waals surface area contributed by atoms with Crippen molar-refractivity contribution in [3.63, 3.8) is 0 Å². The molecule has 6 heteroatoms. The van der Waals surface area contributed by atoms with E-state index in [2.05, 4.69) is 36.2 Å². The van der Waals surface area contributed by atoms with Crippen LogP contribution in [0, 0.1) is 6.92 Å². The number of aromatic nitrogens is 3. The quantitative estimate of drug-likeness (QED) is 0.377. The molecule has 4 rings (SSSR count). The summed E-state index contributed by atoms with van der Waals surface area (Å²) in [6, 6.07) is 23.7. The number of amides is 1. The van der Waals surface area contributed by atoms with Crippen LogP contribution in [0.15, 0.2) is 72.8 Å². The van der Waals surface area contributed by atoms with Crippen molar-refractivity contribution < 1.29 is 9.53 Å². The van der Waals surface area contributed by atoms with Gasteiger partial charge in [0.05, 0.1) is 12.3 Å². The molecule has 0 bridgehead atoms. The van der Waals surface area contributed by atoms with E-state index in [-0.39, 0.29) is 11.3 Å². The monoisotopic (exact) mass is 454 g/mol. The molecule has 0 aliphatic carbocycles. The fourth-order valence-electron chi connectivity index (χ4n) is 3.56. The molecule has 0 fully saturated rings. The Morgan fingerprint density at radius 3 is 2.18 bits per heavy atom. The van der Waals surface area contributed by atoms with Crippen LogP contribution >= 0.6 is 0 Å². The number of nitrogens with zero attached hydrogens (tertiary/aromatic N) is 3. The summed E-state index contributed by atoms with van der Waals surface area (Å²) >= 11 is 0. The van der Waals surface area contributed by atoms with Crippen LogP contribution in [0.2, 0.25) is 0 Å². The van der Waals surface area contributed by atoms with E-state index in [1.54, 1.807) is 4.68 Å². The van der Waals surface area contributed by atoms with Crippen LogP contribution in [0.3, 0.4) is 0 Å². The van der Waals surface area contributed by atoms with Crippen molar-refractivity contribution in [2.45, 2.75) is 40.0 Å². The third-order valence-electron chi connectivity index (χ3n) is 5.55. The fourth-order valence-corrected chi connectivity index (χ4v) is 3.56. The molecule has 0 aliphatic rings. The van der Waals surface area contributed by atoms with Crippen molar-refractivity contribution in [1.29, 1.82) is 0 Å². The zero-order chi connectivity index (χ0) is 24.3. The maximum absolute atomic E-state index is 12.7. The number of ether oxygens (including phenoxy) is 1. The molecule has 34 heavy (non-hydrogen) atoms. The van der Waals surface area contributed by atoms with Crippen molar-refractivity contribution >= 4 is 11.6 Å². The summed E-state index contributed by atoms with van der Waals surface area (Å²) in [4.78, 5) is 17.3. The van der Waals surface area contributed by atoms with Gasteiger partial charge >= 0.3 is 6.01 Å². The highest BCUT2D eigenvalue weighted by molar-refractivity contribution is 6.04. The summed E-state index contributed by atoms with van der Waals surface area (Å²) in [5.74, 6) is 0.548. The van der Waals surface area contributed by atoms with Crippen LogP contribution in [-0.2, 0) is 5.41 Å². The standard InChI is InChI=1S/C28H30N4O2/c1-6-34-27-30-25(20-9-7-19(2)8-10-20)32(31-27)24-17-15-23(16-18-24)29-26(33)21-11-13-22(14-12-21)28(3,4)5/h7-18H,6H2,1-5H3,(H,29,33). The van der Waals surface area contributed by atoms with E-state index in [1.807, 2.05) is 86.6 Å². The Labute approximate surface area is 200 Å². The average molecular weight is 455 g/mol. The number of carbonyl (C=O) groups is 1. The van der Waals surface area contributed by atoms with Gasteiger partial charge in [0.15, 0.2) is 5.82 Å². The molecule has 0 unspecified atom stereocenters. The molecule has 0 saturated heterocycles. The van der Waals surface area contributed by atoms with Crippen LogP contribution in [0.5, 0.6) is 6.01 Å². The molecule has 1 N–H and O–H groups in total. The van der Waals surface area contributed by atoms with Crippen LogP contribution in [0.25, 0.3) is 17.1 Å². The van der Waals surface area contributed by atoms with Crippen LogP contribution < -0.4 is 10.1 Å². The molecule has 4 aromatic rings. The number of carbonyl (C=O) groups excluding carboxylic acids is 1. The predicted molar refractivity (Wildman–Crippen MR) is 136 cm³/mol. The molecule has 1 aromatic heterocycles. The van der Waals surface area contributed by atoms with Crippen LogP contribution in [-0.4, -0.2) is 27.3 Å². The number of benzene rings is 3. The molecule has 6 nitrogen and oxygen atoms in total. The first-order chi connectivity index (χ1) is 16.2. The Kier molecular flexibility index (Phi) is 6.50. The first-order valence-electron chi connectivity index (χ1n) is 11.4. The molecule has 1 heterocycles. The molecular formula is C28H30N4O2. The minimum Gasteiger partial charge on any atom is -0.463 e. The van der Waals surface area contributed by atoms with Crippen molar-refractivity contribution in [2.75, 3.05) is 11.9 Å². The smallest absolute Gasteiger partial charge is 0.336 e. The summed E-state index contributed by atoms with van der Waals surface area (Å²) in [6.07, 6.45) is 0. The molecule has 3 aromatic carbocycles. The number of hydrogen-bond donors (Lipinski definition) is 1. The summed E-state index contributed by atoms with van der Waals surface area (Å²) < 4.78 is 7.30. The van der Waals surface area contributed by atoms with Gasteiger partial charge in [-0.2, -0.15) is 4.98 Å². The lowest BCUT2D eigenvalue weighted by atomic mass is 9.87. The molecular weight excluding hydrogens is 424 g/mol. The second-order valence-corrected chi connectivity index (χ2v) is 9.26. The van der Waals surface area contributed by atoms with Gasteiger partial charge in [-0.3, -0.25) is 4.79 Å². The third kappa shape index (κ3) is 5.17. The van der Waals surface area contributed by atoms with E-state index in [4.69, 9.17) is 4.74 Å². The summed E-state index contributed by atoms with van der Waals surface area (Å²) in [7, 11) is 0. The lowest BCUT2D eigenvalue weighted by Crippen LogP contribution is -2.14. The highest BCUT2D eigenvalue weighted by atomic mass is 16.5. The van der Waals surface area contributed by atoms with Gasteiger partial charge in [0.2, 0.25) is 0 Å². The number of hydrogen-bond acceptors (Lipinski definition) is 4. The Hall–Kier alpha value is -3.93. The SMILES string of the molecule is CCOc1nc(-c2ccc(C)cc2)n(-c2ccc(NC(=O)c3ccc(C(C)(C)C)cc3)cc2)n1. The maximum Gasteiger partial charge on any atom is 0.336 e. The topological polar surface area (TPSA) is 69.0 Å². The van der Waals surface area contributed by atoms with Gasteiger partial charge in [-0.25, -0.2) is 4.68 Å². The minimum atomic E-state index is -0.145. The first-order valence-corrected chi connectivity index (χ1v) is 11.4. The summed E-state index contributed by atoms with van der Waals surface area (Å²) in [6.45, 7) is 10.9. The van der Waals surface area contributed by atoms with E-state index in [0.29, 0.717) is 29.7 Å². The lowest BCUT2D eigenvalue weighted by molar-refractivity contribution is 0.102. The van der Waals surface area contributed by atoms with Gasteiger partial charge in [0.25, 0.3) is 5.91 Å². The largest absolute Gasteiger partial charge is 0.463 e. The lowest BCUT2D eigenvalue weighted by Gasteiger charge is -2.19. The third-order valence-corrected chi connectivity index (χ3v) is 5.55.